The van der Waals surface area contributed by atoms with Crippen molar-refractivity contribution in [2.24, 2.45) is 16.6 Å². The molecular weight excluding hydrogens is 336 g/mol. The van der Waals surface area contributed by atoms with Gasteiger partial charge in [-0.1, -0.05) is 19.8 Å². The summed E-state index contributed by atoms with van der Waals surface area (Å²) in [4.78, 5) is 4.79. The molecule has 5 nitrogen and oxygen atoms in total. The molecule has 4 atom stereocenters. The van der Waals surface area contributed by atoms with Crippen LogP contribution in [0, 0.1) is 11.3 Å². The number of nitrogens with zero attached hydrogens (tertiary/aromatic N) is 1. The summed E-state index contributed by atoms with van der Waals surface area (Å²) in [5.41, 5.74) is 9.03. The van der Waals surface area contributed by atoms with Crippen LogP contribution in [0.5, 0.6) is 5.75 Å². The number of aliphatic imine (C=N–C) groups is 1. The molecule has 4 unspecified atom stereocenters. The second kappa shape index (κ2) is 9.47. The van der Waals surface area contributed by atoms with Crippen molar-refractivity contribution in [3.8, 4) is 5.75 Å². The van der Waals surface area contributed by atoms with Gasteiger partial charge in [-0.25, -0.2) is 0 Å². The van der Waals surface area contributed by atoms with Gasteiger partial charge in [0, 0.05) is 36.0 Å². The molecule has 1 aromatic rings. The van der Waals surface area contributed by atoms with Crippen LogP contribution in [-0.2, 0) is 0 Å². The van der Waals surface area contributed by atoms with E-state index in [9.17, 15) is 0 Å². The molecule has 0 bridgehead atoms. The maximum atomic E-state index is 8.54. The minimum absolute atomic E-state index is 0.137. The van der Waals surface area contributed by atoms with Crippen molar-refractivity contribution in [2.75, 3.05) is 7.11 Å². The van der Waals surface area contributed by atoms with Crippen LogP contribution >= 0.6 is 0 Å². The molecule has 0 aromatic heterocycles. The highest BCUT2D eigenvalue weighted by molar-refractivity contribution is 5.99. The summed E-state index contributed by atoms with van der Waals surface area (Å²) in [6.45, 7) is 2.36. The zero-order valence-electron chi connectivity index (χ0n) is 16.7. The SMILES string of the molecule is COc1ccc(N=C2CCC(NC3CCCC(C)CC3)C(=N)CC2N)cc1. The Bertz CT molecular complexity index is 655. The molecule has 4 N–H and O–H groups in total. The first-order valence-electron chi connectivity index (χ1n) is 10.4. The van der Waals surface area contributed by atoms with Gasteiger partial charge >= 0.3 is 0 Å². The average molecular weight is 371 g/mol. The van der Waals surface area contributed by atoms with Gasteiger partial charge in [-0.3, -0.25) is 4.99 Å². The fraction of sp³-hybridized carbons (Fsp3) is 0.636. The van der Waals surface area contributed by atoms with E-state index in [4.69, 9.17) is 20.9 Å². The summed E-state index contributed by atoms with van der Waals surface area (Å²) < 4.78 is 5.21. The van der Waals surface area contributed by atoms with Gasteiger partial charge in [0.05, 0.1) is 12.8 Å². The van der Waals surface area contributed by atoms with E-state index in [1.54, 1.807) is 7.11 Å². The number of nitrogens with two attached hydrogens (primary N) is 1. The Morgan fingerprint density at radius 3 is 2.63 bits per heavy atom. The van der Waals surface area contributed by atoms with Gasteiger partial charge in [0.1, 0.15) is 5.75 Å². The van der Waals surface area contributed by atoms with Gasteiger partial charge in [0.25, 0.3) is 0 Å². The lowest BCUT2D eigenvalue weighted by Gasteiger charge is -2.24. The van der Waals surface area contributed by atoms with Crippen LogP contribution in [0.1, 0.15) is 58.3 Å². The maximum absolute atomic E-state index is 8.54. The van der Waals surface area contributed by atoms with Crippen LogP contribution in [0.3, 0.4) is 0 Å². The lowest BCUT2D eigenvalue weighted by molar-refractivity contribution is 0.415. The summed E-state index contributed by atoms with van der Waals surface area (Å²) in [7, 11) is 1.66. The number of hydrogen-bond donors (Lipinski definition) is 3. The van der Waals surface area contributed by atoms with Crippen molar-refractivity contribution in [1.29, 1.82) is 5.41 Å². The number of hydrogen-bond acceptors (Lipinski definition) is 5. The highest BCUT2D eigenvalue weighted by Crippen LogP contribution is 2.25. The maximum Gasteiger partial charge on any atom is 0.119 e. The molecule has 0 heterocycles. The lowest BCUT2D eigenvalue weighted by Crippen LogP contribution is -2.43. The first-order valence-corrected chi connectivity index (χ1v) is 10.4. The van der Waals surface area contributed by atoms with Gasteiger partial charge < -0.3 is 21.2 Å². The molecule has 2 aliphatic carbocycles. The Morgan fingerprint density at radius 2 is 1.89 bits per heavy atom. The van der Waals surface area contributed by atoms with Crippen molar-refractivity contribution in [2.45, 2.75) is 76.4 Å². The Balaban J connectivity index is 1.64. The van der Waals surface area contributed by atoms with Crippen molar-refractivity contribution in [3.05, 3.63) is 24.3 Å². The predicted molar refractivity (Wildman–Crippen MR) is 113 cm³/mol. The summed E-state index contributed by atoms with van der Waals surface area (Å²) in [5, 5.41) is 12.3. The average Bonchev–Trinajstić information content (AvgIpc) is 2.94. The zero-order chi connectivity index (χ0) is 19.2. The van der Waals surface area contributed by atoms with E-state index >= 15 is 0 Å². The van der Waals surface area contributed by atoms with E-state index in [1.807, 2.05) is 24.3 Å². The third-order valence-corrected chi connectivity index (χ3v) is 6.02. The standard InChI is InChI=1S/C22H34N4O/c1-15-4-3-5-16(7-6-15)25-21-12-13-22(20(24)14-19(21)23)26-17-8-10-18(27-2)11-9-17/h8-11,15-16,20-21,23,25H,3-7,12-14,24H2,1-2H3. The van der Waals surface area contributed by atoms with E-state index in [2.05, 4.69) is 12.2 Å². The molecule has 2 fully saturated rings. The van der Waals surface area contributed by atoms with E-state index < -0.39 is 0 Å². The van der Waals surface area contributed by atoms with E-state index in [0.29, 0.717) is 12.5 Å². The largest absolute Gasteiger partial charge is 0.497 e. The predicted octanol–water partition coefficient (Wildman–Crippen LogP) is 4.23. The monoisotopic (exact) mass is 370 g/mol. The fourth-order valence-electron chi connectivity index (χ4n) is 4.23. The fourth-order valence-corrected chi connectivity index (χ4v) is 4.23. The number of nitrogens with one attached hydrogen (secondary N) is 2. The molecule has 3 rings (SSSR count). The molecule has 0 saturated heterocycles. The highest BCUT2D eigenvalue weighted by atomic mass is 16.5. The van der Waals surface area contributed by atoms with Crippen LogP contribution in [0.4, 0.5) is 5.69 Å². The number of benzene rings is 1. The molecule has 0 spiro atoms. The van der Waals surface area contributed by atoms with Crippen LogP contribution in [0.25, 0.3) is 0 Å². The van der Waals surface area contributed by atoms with E-state index in [0.717, 1.165) is 41.6 Å². The topological polar surface area (TPSA) is 83.5 Å². The molecule has 148 valence electrons. The smallest absolute Gasteiger partial charge is 0.119 e. The number of methoxy groups -OCH3 is 1. The second-order valence-corrected chi connectivity index (χ2v) is 8.21. The second-order valence-electron chi connectivity index (χ2n) is 8.21. The lowest BCUT2D eigenvalue weighted by atomic mass is 10.0. The van der Waals surface area contributed by atoms with Crippen molar-refractivity contribution >= 4 is 17.1 Å². The Morgan fingerprint density at radius 1 is 1.11 bits per heavy atom. The highest BCUT2D eigenvalue weighted by Gasteiger charge is 2.28. The van der Waals surface area contributed by atoms with Crippen LogP contribution in [-0.4, -0.2) is 36.7 Å². The molecule has 1 aromatic carbocycles. The van der Waals surface area contributed by atoms with Crippen molar-refractivity contribution in [1.82, 2.24) is 5.32 Å². The first kappa shape index (κ1) is 20.0. The van der Waals surface area contributed by atoms with Gasteiger partial charge in [0.2, 0.25) is 0 Å². The van der Waals surface area contributed by atoms with Crippen molar-refractivity contribution in [3.63, 3.8) is 0 Å². The molecule has 0 radical (unpaired) electrons. The third-order valence-electron chi connectivity index (χ3n) is 6.02. The first-order chi connectivity index (χ1) is 13.0. The minimum Gasteiger partial charge on any atom is -0.497 e. The Kier molecular flexibility index (Phi) is 7.02. The van der Waals surface area contributed by atoms with E-state index in [1.165, 1.54) is 32.1 Å². The minimum atomic E-state index is -0.166. The van der Waals surface area contributed by atoms with Gasteiger partial charge in [-0.15, -0.1) is 0 Å². The Labute approximate surface area is 163 Å². The zero-order valence-corrected chi connectivity index (χ0v) is 16.7. The molecule has 0 amide bonds. The van der Waals surface area contributed by atoms with Crippen LogP contribution in [0.2, 0.25) is 0 Å². The number of rotatable bonds is 4. The molecule has 0 aliphatic heterocycles. The normalized spacial score (nSPS) is 31.4. The third kappa shape index (κ3) is 5.63. The van der Waals surface area contributed by atoms with Crippen LogP contribution < -0.4 is 15.8 Å². The van der Waals surface area contributed by atoms with E-state index in [-0.39, 0.29) is 12.1 Å². The Hall–Kier alpha value is -1.72. The summed E-state index contributed by atoms with van der Waals surface area (Å²) in [6, 6.07) is 8.26. The van der Waals surface area contributed by atoms with Gasteiger partial charge in [-0.2, -0.15) is 0 Å². The summed E-state index contributed by atoms with van der Waals surface area (Å²) in [5.74, 6) is 1.66. The quantitative estimate of drug-likeness (QED) is 0.694. The molecule has 2 saturated carbocycles. The van der Waals surface area contributed by atoms with Gasteiger partial charge in [0.15, 0.2) is 0 Å². The molecule has 27 heavy (non-hydrogen) atoms. The van der Waals surface area contributed by atoms with Crippen molar-refractivity contribution < 1.29 is 4.74 Å². The molecule has 5 heteroatoms. The molecular formula is C22H34N4O. The molecule has 2 aliphatic rings. The van der Waals surface area contributed by atoms with Gasteiger partial charge in [-0.05, 0) is 62.3 Å². The number of ether oxygens (including phenoxy) is 1. The van der Waals surface area contributed by atoms with Crippen LogP contribution in [0.15, 0.2) is 29.3 Å². The summed E-state index contributed by atoms with van der Waals surface area (Å²) in [6.07, 6.45) is 8.73. The summed E-state index contributed by atoms with van der Waals surface area (Å²) >= 11 is 0.